The van der Waals surface area contributed by atoms with Gasteiger partial charge in [0.25, 0.3) is 0 Å². The zero-order chi connectivity index (χ0) is 11.5. The topological polar surface area (TPSA) is 75.9 Å². The first-order valence-electron chi connectivity index (χ1n) is 4.97. The predicted octanol–water partition coefficient (Wildman–Crippen LogP) is 1.53. The Bertz CT molecular complexity index is 329. The van der Waals surface area contributed by atoms with Crippen LogP contribution in [0.1, 0.15) is 26.5 Å². The number of anilines is 2. The van der Waals surface area contributed by atoms with E-state index in [0.717, 1.165) is 18.1 Å². The van der Waals surface area contributed by atoms with E-state index in [1.807, 2.05) is 13.0 Å². The lowest BCUT2D eigenvalue weighted by Crippen LogP contribution is -2.20. The van der Waals surface area contributed by atoms with Crippen LogP contribution in [-0.4, -0.2) is 16.5 Å². The van der Waals surface area contributed by atoms with E-state index in [9.17, 15) is 0 Å². The van der Waals surface area contributed by atoms with E-state index in [-0.39, 0.29) is 5.41 Å². The van der Waals surface area contributed by atoms with Crippen molar-refractivity contribution in [2.45, 2.75) is 27.7 Å². The summed E-state index contributed by atoms with van der Waals surface area (Å²) in [6.45, 7) is 9.25. The van der Waals surface area contributed by atoms with Crippen LogP contribution in [0.2, 0.25) is 0 Å². The van der Waals surface area contributed by atoms with Gasteiger partial charge in [0, 0.05) is 18.3 Å². The molecule has 0 fully saturated rings. The Kier molecular flexibility index (Phi) is 3.47. The van der Waals surface area contributed by atoms with Crippen molar-refractivity contribution in [1.82, 2.24) is 9.97 Å². The maximum absolute atomic E-state index is 5.27. The summed E-state index contributed by atoms with van der Waals surface area (Å²) in [5.41, 5.74) is 3.54. The molecular weight excluding hydrogens is 190 g/mol. The zero-order valence-corrected chi connectivity index (χ0v) is 9.76. The molecule has 0 saturated heterocycles. The van der Waals surface area contributed by atoms with Crippen LogP contribution < -0.4 is 16.6 Å². The Labute approximate surface area is 90.5 Å². The first-order valence-corrected chi connectivity index (χ1v) is 4.97. The quantitative estimate of drug-likeness (QED) is 0.520. The summed E-state index contributed by atoms with van der Waals surface area (Å²) in [6.07, 6.45) is 0. The van der Waals surface area contributed by atoms with Gasteiger partial charge in [-0.05, 0) is 12.3 Å². The third-order valence-corrected chi connectivity index (χ3v) is 1.78. The number of aromatic nitrogens is 2. The molecule has 1 aromatic heterocycles. The van der Waals surface area contributed by atoms with E-state index in [0.29, 0.717) is 5.95 Å². The van der Waals surface area contributed by atoms with Crippen LogP contribution in [0, 0.1) is 12.3 Å². The van der Waals surface area contributed by atoms with Gasteiger partial charge in [0.1, 0.15) is 5.82 Å². The molecule has 0 unspecified atom stereocenters. The molecule has 1 rings (SSSR count). The molecule has 0 atom stereocenters. The smallest absolute Gasteiger partial charge is 0.239 e. The fourth-order valence-electron chi connectivity index (χ4n) is 1.08. The first-order chi connectivity index (χ1) is 6.90. The number of hydrogen-bond donors (Lipinski definition) is 3. The van der Waals surface area contributed by atoms with E-state index >= 15 is 0 Å². The first kappa shape index (κ1) is 11.7. The van der Waals surface area contributed by atoms with Crippen molar-refractivity contribution < 1.29 is 0 Å². The van der Waals surface area contributed by atoms with Crippen LogP contribution in [0.25, 0.3) is 0 Å². The van der Waals surface area contributed by atoms with Crippen molar-refractivity contribution in [3.05, 3.63) is 11.8 Å². The molecule has 0 radical (unpaired) electrons. The molecule has 0 aliphatic rings. The van der Waals surface area contributed by atoms with Crippen molar-refractivity contribution in [2.24, 2.45) is 11.3 Å². The molecule has 0 aromatic carbocycles. The second kappa shape index (κ2) is 4.44. The van der Waals surface area contributed by atoms with Crippen molar-refractivity contribution in [3.8, 4) is 0 Å². The lowest BCUT2D eigenvalue weighted by molar-refractivity contribution is 0.442. The number of nitrogens with one attached hydrogen (secondary N) is 2. The summed E-state index contributed by atoms with van der Waals surface area (Å²) >= 11 is 0. The summed E-state index contributed by atoms with van der Waals surface area (Å²) in [6, 6.07) is 1.90. The number of nitrogens with zero attached hydrogens (tertiary/aromatic N) is 2. The summed E-state index contributed by atoms with van der Waals surface area (Å²) < 4.78 is 0. The average molecular weight is 209 g/mol. The molecule has 5 nitrogen and oxygen atoms in total. The Morgan fingerprint density at radius 2 is 2.00 bits per heavy atom. The largest absolute Gasteiger partial charge is 0.369 e. The van der Waals surface area contributed by atoms with Crippen LogP contribution in [0.4, 0.5) is 11.8 Å². The Hall–Kier alpha value is -1.36. The van der Waals surface area contributed by atoms with Crippen molar-refractivity contribution in [2.75, 3.05) is 17.3 Å². The maximum Gasteiger partial charge on any atom is 0.239 e. The van der Waals surface area contributed by atoms with E-state index in [1.165, 1.54) is 0 Å². The van der Waals surface area contributed by atoms with E-state index in [2.05, 4.69) is 41.5 Å². The molecule has 0 saturated carbocycles. The van der Waals surface area contributed by atoms with Gasteiger partial charge in [-0.1, -0.05) is 20.8 Å². The summed E-state index contributed by atoms with van der Waals surface area (Å²) in [7, 11) is 0. The molecule has 0 bridgehead atoms. The Morgan fingerprint density at radius 1 is 1.33 bits per heavy atom. The standard InChI is InChI=1S/C10H19N5/c1-7-5-8(12-6-10(2,3)4)14-9(13-7)15-11/h5H,6,11H2,1-4H3,(H2,12,13,14,15). The molecule has 0 spiro atoms. The van der Waals surface area contributed by atoms with Crippen LogP contribution in [-0.2, 0) is 0 Å². The van der Waals surface area contributed by atoms with Gasteiger partial charge in [0.05, 0.1) is 0 Å². The lowest BCUT2D eigenvalue weighted by Gasteiger charge is -2.19. The number of hydrogen-bond acceptors (Lipinski definition) is 5. The van der Waals surface area contributed by atoms with E-state index in [1.54, 1.807) is 0 Å². The third-order valence-electron chi connectivity index (χ3n) is 1.78. The van der Waals surface area contributed by atoms with Gasteiger partial charge in [-0.3, -0.25) is 5.43 Å². The molecular formula is C10H19N5. The molecule has 4 N–H and O–H groups in total. The summed E-state index contributed by atoms with van der Waals surface area (Å²) in [5.74, 6) is 6.50. The van der Waals surface area contributed by atoms with Crippen molar-refractivity contribution in [3.63, 3.8) is 0 Å². The van der Waals surface area contributed by atoms with Crippen LogP contribution in [0.5, 0.6) is 0 Å². The van der Waals surface area contributed by atoms with E-state index < -0.39 is 0 Å². The number of nitrogens with two attached hydrogens (primary N) is 1. The average Bonchev–Trinajstić information content (AvgIpc) is 2.13. The van der Waals surface area contributed by atoms with Gasteiger partial charge < -0.3 is 5.32 Å². The number of aryl methyl sites for hydroxylation is 1. The molecule has 0 amide bonds. The summed E-state index contributed by atoms with van der Waals surface area (Å²) in [4.78, 5) is 8.31. The van der Waals surface area contributed by atoms with Gasteiger partial charge in [0.15, 0.2) is 0 Å². The van der Waals surface area contributed by atoms with Crippen molar-refractivity contribution >= 4 is 11.8 Å². The van der Waals surface area contributed by atoms with Crippen molar-refractivity contribution in [1.29, 1.82) is 0 Å². The Morgan fingerprint density at radius 3 is 2.53 bits per heavy atom. The number of nitrogen functional groups attached to an aromatic ring is 1. The minimum Gasteiger partial charge on any atom is -0.369 e. The Balaban J connectivity index is 2.73. The van der Waals surface area contributed by atoms with Gasteiger partial charge >= 0.3 is 0 Å². The number of hydrazine groups is 1. The fourth-order valence-corrected chi connectivity index (χ4v) is 1.08. The highest BCUT2D eigenvalue weighted by molar-refractivity contribution is 5.41. The molecule has 1 heterocycles. The summed E-state index contributed by atoms with van der Waals surface area (Å²) in [5, 5.41) is 3.25. The van der Waals surface area contributed by atoms with Crippen LogP contribution in [0.15, 0.2) is 6.07 Å². The fraction of sp³-hybridized carbons (Fsp3) is 0.600. The van der Waals surface area contributed by atoms with E-state index in [4.69, 9.17) is 5.84 Å². The number of rotatable bonds is 3. The second-order valence-corrected chi connectivity index (χ2v) is 4.78. The van der Waals surface area contributed by atoms with Gasteiger partial charge in [0.2, 0.25) is 5.95 Å². The highest BCUT2D eigenvalue weighted by Gasteiger charge is 2.10. The molecule has 84 valence electrons. The normalized spacial score (nSPS) is 11.3. The lowest BCUT2D eigenvalue weighted by atomic mass is 9.97. The minimum absolute atomic E-state index is 0.217. The monoisotopic (exact) mass is 209 g/mol. The molecule has 0 aliphatic carbocycles. The third kappa shape index (κ3) is 4.12. The van der Waals surface area contributed by atoms with Crippen LogP contribution >= 0.6 is 0 Å². The molecule has 5 heteroatoms. The molecule has 0 aliphatic heterocycles. The molecule has 15 heavy (non-hydrogen) atoms. The highest BCUT2D eigenvalue weighted by atomic mass is 15.3. The predicted molar refractivity (Wildman–Crippen MR) is 62.5 cm³/mol. The maximum atomic E-state index is 5.27. The second-order valence-electron chi connectivity index (χ2n) is 4.78. The SMILES string of the molecule is Cc1cc(NCC(C)(C)C)nc(NN)n1. The van der Waals surface area contributed by atoms with Gasteiger partial charge in [-0.15, -0.1) is 0 Å². The highest BCUT2D eigenvalue weighted by Crippen LogP contribution is 2.15. The molecule has 1 aromatic rings. The van der Waals surface area contributed by atoms with Crippen LogP contribution in [0.3, 0.4) is 0 Å². The van der Waals surface area contributed by atoms with Gasteiger partial charge in [-0.25, -0.2) is 10.8 Å². The zero-order valence-electron chi connectivity index (χ0n) is 9.76. The minimum atomic E-state index is 0.217. The van der Waals surface area contributed by atoms with Gasteiger partial charge in [-0.2, -0.15) is 4.98 Å².